The maximum absolute atomic E-state index is 12.0. The summed E-state index contributed by atoms with van der Waals surface area (Å²) in [4.78, 5) is 19.7. The van der Waals surface area contributed by atoms with Gasteiger partial charge in [-0.05, 0) is 12.8 Å². The monoisotopic (exact) mass is 426 g/mol. The highest BCUT2D eigenvalue weighted by Gasteiger charge is 2.31. The van der Waals surface area contributed by atoms with E-state index in [1.807, 2.05) is 0 Å². The van der Waals surface area contributed by atoms with Gasteiger partial charge < -0.3 is 9.79 Å². The molecule has 0 aromatic carbocycles. The third kappa shape index (κ3) is 19.4. The van der Waals surface area contributed by atoms with E-state index in [1.54, 1.807) is 0 Å². The Morgan fingerprint density at radius 2 is 0.778 bits per heavy atom. The molecule has 0 aromatic heterocycles. The van der Waals surface area contributed by atoms with Crippen LogP contribution in [0.25, 0.3) is 0 Å². The fourth-order valence-electron chi connectivity index (χ4n) is 3.17. The largest absolute Gasteiger partial charge is 0.335 e. The molecule has 0 fully saturated rings. The van der Waals surface area contributed by atoms with Gasteiger partial charge in [-0.1, -0.05) is 104 Å². The van der Waals surface area contributed by atoms with Crippen molar-refractivity contribution < 1.29 is 23.2 Å². The Morgan fingerprint density at radius 1 is 0.519 bits per heavy atom. The van der Waals surface area contributed by atoms with Crippen LogP contribution in [0.15, 0.2) is 0 Å². The van der Waals surface area contributed by atoms with Crippen molar-refractivity contribution in [2.24, 2.45) is 0 Å². The van der Waals surface area contributed by atoms with Crippen molar-refractivity contribution in [2.75, 3.05) is 12.3 Å². The molecule has 2 atom stereocenters. The summed E-state index contributed by atoms with van der Waals surface area (Å²) in [6.45, 7) is 4.38. The van der Waals surface area contributed by atoms with Crippen molar-refractivity contribution in [1.82, 2.24) is 0 Å². The van der Waals surface area contributed by atoms with E-state index >= 15 is 0 Å². The Labute approximate surface area is 167 Å². The Hall–Kier alpha value is 0.340. The van der Waals surface area contributed by atoms with Gasteiger partial charge >= 0.3 is 15.2 Å². The van der Waals surface area contributed by atoms with Crippen LogP contribution in [0.3, 0.4) is 0 Å². The van der Waals surface area contributed by atoms with Crippen molar-refractivity contribution in [1.29, 1.82) is 0 Å². The lowest BCUT2D eigenvalue weighted by Crippen LogP contribution is -1.98. The lowest BCUT2D eigenvalue weighted by atomic mass is 10.1. The molecule has 0 aliphatic heterocycles. The van der Waals surface area contributed by atoms with Gasteiger partial charge in [-0.2, -0.15) is 0 Å². The Kier molecular flexibility index (Phi) is 17.4. The lowest BCUT2D eigenvalue weighted by molar-refractivity contribution is 0.329. The average molecular weight is 427 g/mol. The van der Waals surface area contributed by atoms with Crippen LogP contribution in [0, 0.1) is 0 Å². The summed E-state index contributed by atoms with van der Waals surface area (Å²) in [7, 11) is -7.93. The predicted octanol–water partition coefficient (Wildman–Crippen LogP) is 7.66. The van der Waals surface area contributed by atoms with E-state index in [9.17, 15) is 18.9 Å². The fraction of sp³-hybridized carbons (Fsp3) is 1.00. The zero-order valence-corrected chi connectivity index (χ0v) is 19.5. The van der Waals surface area contributed by atoms with E-state index in [-0.39, 0.29) is 12.3 Å². The SMILES string of the molecule is CCCCCCCCCCP(=O)(O)OP(=O)(O)CCCCCCCCCC. The first-order valence-corrected chi connectivity index (χ1v) is 14.7. The number of rotatable bonds is 20. The molecule has 0 rings (SSSR count). The molecular weight excluding hydrogens is 382 g/mol. The molecule has 0 saturated carbocycles. The quantitative estimate of drug-likeness (QED) is 0.154. The van der Waals surface area contributed by atoms with Gasteiger partial charge in [0.2, 0.25) is 0 Å². The summed E-state index contributed by atoms with van der Waals surface area (Å²) in [6.07, 6.45) is 17.1. The molecule has 0 heterocycles. The van der Waals surface area contributed by atoms with Gasteiger partial charge in [0.25, 0.3) is 0 Å². The molecule has 2 N–H and O–H groups in total. The summed E-state index contributed by atoms with van der Waals surface area (Å²) < 4.78 is 28.8. The zero-order valence-electron chi connectivity index (χ0n) is 17.7. The first kappa shape index (κ1) is 27.3. The Balaban J connectivity index is 3.76. The molecule has 0 saturated heterocycles. The topological polar surface area (TPSA) is 83.8 Å². The minimum absolute atomic E-state index is 0.0239. The van der Waals surface area contributed by atoms with Crippen LogP contribution < -0.4 is 0 Å². The molecule has 27 heavy (non-hydrogen) atoms. The number of hydrogen-bond acceptors (Lipinski definition) is 3. The molecule has 2 unspecified atom stereocenters. The van der Waals surface area contributed by atoms with Crippen LogP contribution >= 0.6 is 15.2 Å². The molecule has 7 heteroatoms. The van der Waals surface area contributed by atoms with Crippen LogP contribution in [0.5, 0.6) is 0 Å². The molecule has 0 spiro atoms. The summed E-state index contributed by atoms with van der Waals surface area (Å²) in [5.41, 5.74) is 0. The summed E-state index contributed by atoms with van der Waals surface area (Å²) >= 11 is 0. The van der Waals surface area contributed by atoms with Crippen LogP contribution in [0.2, 0.25) is 0 Å². The lowest BCUT2D eigenvalue weighted by Gasteiger charge is -2.16. The third-order valence-corrected chi connectivity index (χ3v) is 8.65. The van der Waals surface area contributed by atoms with Gasteiger partial charge in [-0.3, -0.25) is 9.13 Å². The van der Waals surface area contributed by atoms with Crippen LogP contribution in [-0.2, 0) is 13.4 Å². The van der Waals surface area contributed by atoms with Gasteiger partial charge in [0.15, 0.2) is 0 Å². The number of unbranched alkanes of at least 4 members (excludes halogenated alkanes) is 14. The molecule has 0 aromatic rings. The molecule has 0 aliphatic carbocycles. The molecule has 164 valence electrons. The second-order valence-electron chi connectivity index (χ2n) is 7.75. The smallest absolute Gasteiger partial charge is 0.324 e. The van der Waals surface area contributed by atoms with Gasteiger partial charge in [-0.25, -0.2) is 4.31 Å². The molecule has 5 nitrogen and oxygen atoms in total. The fourth-order valence-corrected chi connectivity index (χ4v) is 6.67. The summed E-state index contributed by atoms with van der Waals surface area (Å²) in [6, 6.07) is 0. The third-order valence-electron chi connectivity index (χ3n) is 4.84. The maximum Gasteiger partial charge on any atom is 0.335 e. The highest BCUT2D eigenvalue weighted by Crippen LogP contribution is 2.59. The molecular formula is C20H44O5P2. The van der Waals surface area contributed by atoms with Gasteiger partial charge in [0.1, 0.15) is 0 Å². The van der Waals surface area contributed by atoms with Crippen molar-refractivity contribution in [2.45, 2.75) is 117 Å². The minimum Gasteiger partial charge on any atom is -0.324 e. The van der Waals surface area contributed by atoms with Crippen molar-refractivity contribution in [3.05, 3.63) is 0 Å². The maximum atomic E-state index is 12.0. The first-order valence-electron chi connectivity index (χ1n) is 11.2. The van der Waals surface area contributed by atoms with Gasteiger partial charge in [0.05, 0.1) is 12.3 Å². The second kappa shape index (κ2) is 17.2. The second-order valence-corrected chi connectivity index (χ2v) is 11.9. The van der Waals surface area contributed by atoms with Gasteiger partial charge in [-0.15, -0.1) is 0 Å². The van der Waals surface area contributed by atoms with E-state index in [0.717, 1.165) is 38.5 Å². The van der Waals surface area contributed by atoms with Gasteiger partial charge in [0, 0.05) is 0 Å². The molecule has 0 aliphatic rings. The molecule has 0 radical (unpaired) electrons. The Bertz CT molecular complexity index is 391. The molecule has 0 amide bonds. The van der Waals surface area contributed by atoms with E-state index in [4.69, 9.17) is 4.31 Å². The van der Waals surface area contributed by atoms with E-state index in [2.05, 4.69) is 13.8 Å². The highest BCUT2D eigenvalue weighted by molar-refractivity contribution is 7.66. The van der Waals surface area contributed by atoms with E-state index < -0.39 is 15.2 Å². The van der Waals surface area contributed by atoms with Crippen LogP contribution in [0.1, 0.15) is 117 Å². The first-order chi connectivity index (χ1) is 12.8. The highest BCUT2D eigenvalue weighted by atomic mass is 31.3. The van der Waals surface area contributed by atoms with Crippen molar-refractivity contribution in [3.63, 3.8) is 0 Å². The van der Waals surface area contributed by atoms with Crippen LogP contribution in [-0.4, -0.2) is 22.1 Å². The van der Waals surface area contributed by atoms with E-state index in [1.165, 1.54) is 51.4 Å². The summed E-state index contributed by atoms with van der Waals surface area (Å²) in [5, 5.41) is 0. The van der Waals surface area contributed by atoms with Crippen molar-refractivity contribution in [3.8, 4) is 0 Å². The predicted molar refractivity (Wildman–Crippen MR) is 116 cm³/mol. The van der Waals surface area contributed by atoms with E-state index in [0.29, 0.717) is 12.8 Å². The zero-order chi connectivity index (χ0) is 20.4. The Morgan fingerprint density at radius 3 is 1.07 bits per heavy atom. The summed E-state index contributed by atoms with van der Waals surface area (Å²) in [5.74, 6) is 0. The molecule has 0 bridgehead atoms. The standard InChI is InChI=1S/C20H44O5P2/c1-3-5-7-9-11-13-15-17-19-26(21,22)25-27(23,24)20-18-16-14-12-10-8-6-4-2/h3-20H2,1-2H3,(H,21,22)(H,23,24). The normalized spacial score (nSPS) is 16.1. The van der Waals surface area contributed by atoms with Crippen molar-refractivity contribution >= 4 is 15.2 Å². The average Bonchev–Trinajstić information content (AvgIpc) is 2.58. The number of hydrogen-bond donors (Lipinski definition) is 2. The minimum atomic E-state index is -3.97. The van der Waals surface area contributed by atoms with Crippen LogP contribution in [0.4, 0.5) is 0 Å².